The van der Waals surface area contributed by atoms with Gasteiger partial charge in [-0.15, -0.1) is 0 Å². The van der Waals surface area contributed by atoms with E-state index >= 15 is 0 Å². The number of carbonyl (C=O) groups is 3. The summed E-state index contributed by atoms with van der Waals surface area (Å²) in [6.45, 7) is 0. The first-order chi connectivity index (χ1) is 16.4. The minimum atomic E-state index is -0.668. The molecule has 172 valence electrons. The highest BCUT2D eigenvalue weighted by atomic mass is 35.5. The van der Waals surface area contributed by atoms with Crippen LogP contribution in [0.2, 0.25) is 0 Å². The van der Waals surface area contributed by atoms with Crippen LogP contribution in [0.4, 0.5) is 11.4 Å². The van der Waals surface area contributed by atoms with E-state index in [-0.39, 0.29) is 16.4 Å². The number of imide groups is 1. The standard InChI is InChI=1S/C25H19ClN2O6/c1-32-17-11-13-18(14-12-17)34-25(31)15-7-9-16(10-8-15)27-22-21(26)23(29)28(24(22)30)19-5-3-4-6-20(19)33-2/h3-14,27H,1-2H3. The number of hydrogen-bond acceptors (Lipinski definition) is 7. The molecule has 2 amide bonds. The van der Waals surface area contributed by atoms with Gasteiger partial charge in [0.15, 0.2) is 0 Å². The Morgan fingerprint density at radius 3 is 2.12 bits per heavy atom. The Labute approximate surface area is 200 Å². The molecule has 3 aromatic carbocycles. The third-order valence-corrected chi connectivity index (χ3v) is 5.36. The van der Waals surface area contributed by atoms with Crippen LogP contribution in [0.25, 0.3) is 0 Å². The summed E-state index contributed by atoms with van der Waals surface area (Å²) in [5.74, 6) is -0.470. The van der Waals surface area contributed by atoms with E-state index in [1.165, 1.54) is 19.2 Å². The molecule has 1 aliphatic heterocycles. The predicted molar refractivity (Wildman–Crippen MR) is 126 cm³/mol. The van der Waals surface area contributed by atoms with Crippen molar-refractivity contribution in [1.29, 1.82) is 0 Å². The lowest BCUT2D eigenvalue weighted by Crippen LogP contribution is -2.32. The Bertz CT molecular complexity index is 1290. The zero-order valence-corrected chi connectivity index (χ0v) is 19.0. The average Bonchev–Trinajstić information content (AvgIpc) is 3.07. The van der Waals surface area contributed by atoms with Gasteiger partial charge >= 0.3 is 5.97 Å². The topological polar surface area (TPSA) is 94.2 Å². The number of rotatable bonds is 7. The summed E-state index contributed by atoms with van der Waals surface area (Å²) < 4.78 is 15.7. The summed E-state index contributed by atoms with van der Waals surface area (Å²) in [5, 5.41) is 2.61. The summed E-state index contributed by atoms with van der Waals surface area (Å²) in [5.41, 5.74) is 0.959. The Kier molecular flexibility index (Phi) is 6.51. The Morgan fingerprint density at radius 1 is 0.824 bits per heavy atom. The number of amides is 2. The van der Waals surface area contributed by atoms with Crippen LogP contribution in [0.3, 0.4) is 0 Å². The molecule has 0 aliphatic carbocycles. The quantitative estimate of drug-likeness (QED) is 0.306. The first kappa shape index (κ1) is 22.9. The van der Waals surface area contributed by atoms with Crippen LogP contribution in [-0.2, 0) is 9.59 Å². The Hall–Kier alpha value is -4.30. The first-order valence-electron chi connectivity index (χ1n) is 10.1. The fraction of sp³-hybridized carbons (Fsp3) is 0.0800. The van der Waals surface area contributed by atoms with Gasteiger partial charge in [0.2, 0.25) is 0 Å². The Morgan fingerprint density at radius 2 is 1.47 bits per heavy atom. The van der Waals surface area contributed by atoms with Gasteiger partial charge in [0.05, 0.1) is 25.5 Å². The molecular weight excluding hydrogens is 460 g/mol. The molecule has 34 heavy (non-hydrogen) atoms. The molecule has 9 heteroatoms. The molecule has 0 saturated carbocycles. The summed E-state index contributed by atoms with van der Waals surface area (Å²) in [7, 11) is 2.99. The van der Waals surface area contributed by atoms with Crippen molar-refractivity contribution in [2.24, 2.45) is 0 Å². The monoisotopic (exact) mass is 478 g/mol. The summed E-state index contributed by atoms with van der Waals surface area (Å²) in [4.78, 5) is 39.0. The van der Waals surface area contributed by atoms with Gasteiger partial charge in [-0.3, -0.25) is 9.59 Å². The summed E-state index contributed by atoms with van der Waals surface area (Å²) in [6.07, 6.45) is 0. The largest absolute Gasteiger partial charge is 0.497 e. The highest BCUT2D eigenvalue weighted by molar-refractivity contribution is 6.53. The maximum atomic E-state index is 13.0. The fourth-order valence-corrected chi connectivity index (χ4v) is 3.50. The Balaban J connectivity index is 1.47. The molecule has 1 heterocycles. The maximum absolute atomic E-state index is 13.0. The van der Waals surface area contributed by atoms with Gasteiger partial charge < -0.3 is 19.5 Å². The third-order valence-electron chi connectivity index (χ3n) is 5.01. The van der Waals surface area contributed by atoms with E-state index in [4.69, 9.17) is 25.8 Å². The van der Waals surface area contributed by atoms with E-state index in [2.05, 4.69) is 5.32 Å². The number of nitrogens with one attached hydrogen (secondary N) is 1. The van der Waals surface area contributed by atoms with Gasteiger partial charge in [0, 0.05) is 5.69 Å². The maximum Gasteiger partial charge on any atom is 0.343 e. The summed E-state index contributed by atoms with van der Waals surface area (Å²) in [6, 6.07) is 19.5. The lowest BCUT2D eigenvalue weighted by Gasteiger charge is -2.17. The van der Waals surface area contributed by atoms with Crippen molar-refractivity contribution in [2.75, 3.05) is 24.4 Å². The van der Waals surface area contributed by atoms with Crippen LogP contribution >= 0.6 is 11.6 Å². The number of benzene rings is 3. The molecule has 3 aromatic rings. The number of hydrogen-bond donors (Lipinski definition) is 1. The van der Waals surface area contributed by atoms with Gasteiger partial charge in [0.1, 0.15) is 28.0 Å². The van der Waals surface area contributed by atoms with Crippen molar-refractivity contribution < 1.29 is 28.6 Å². The van der Waals surface area contributed by atoms with E-state index in [1.807, 2.05) is 0 Å². The molecule has 1 aliphatic rings. The van der Waals surface area contributed by atoms with Crippen LogP contribution in [-0.4, -0.2) is 32.0 Å². The molecule has 0 aromatic heterocycles. The zero-order chi connectivity index (χ0) is 24.2. The van der Waals surface area contributed by atoms with Crippen LogP contribution in [0, 0.1) is 0 Å². The van der Waals surface area contributed by atoms with Crippen LogP contribution < -0.4 is 24.4 Å². The van der Waals surface area contributed by atoms with Crippen molar-refractivity contribution >= 4 is 40.8 Å². The predicted octanol–water partition coefficient (Wildman–Crippen LogP) is 4.36. The van der Waals surface area contributed by atoms with Gasteiger partial charge in [-0.05, 0) is 60.7 Å². The number of carbonyl (C=O) groups excluding carboxylic acids is 3. The van der Waals surface area contributed by atoms with E-state index in [0.717, 1.165) is 4.90 Å². The molecule has 0 radical (unpaired) electrons. The summed E-state index contributed by atoms with van der Waals surface area (Å²) >= 11 is 6.19. The normalized spacial score (nSPS) is 13.2. The van der Waals surface area contributed by atoms with Gasteiger partial charge in [-0.25, -0.2) is 9.69 Å². The van der Waals surface area contributed by atoms with Gasteiger partial charge in [0.25, 0.3) is 11.8 Å². The smallest absolute Gasteiger partial charge is 0.343 e. The second-order valence-electron chi connectivity index (χ2n) is 7.07. The fourth-order valence-electron chi connectivity index (χ4n) is 3.29. The van der Waals surface area contributed by atoms with Crippen molar-refractivity contribution in [2.45, 2.75) is 0 Å². The van der Waals surface area contributed by atoms with Crippen LogP contribution in [0.15, 0.2) is 83.5 Å². The van der Waals surface area contributed by atoms with Crippen LogP contribution in [0.1, 0.15) is 10.4 Å². The van der Waals surface area contributed by atoms with Crippen molar-refractivity contribution in [1.82, 2.24) is 0 Å². The minimum Gasteiger partial charge on any atom is -0.497 e. The minimum absolute atomic E-state index is 0.0777. The molecule has 8 nitrogen and oxygen atoms in total. The zero-order valence-electron chi connectivity index (χ0n) is 18.2. The van der Waals surface area contributed by atoms with Gasteiger partial charge in [-0.1, -0.05) is 23.7 Å². The second kappa shape index (κ2) is 9.68. The van der Waals surface area contributed by atoms with Gasteiger partial charge in [-0.2, -0.15) is 0 Å². The van der Waals surface area contributed by atoms with E-state index in [0.29, 0.717) is 28.5 Å². The molecule has 4 rings (SSSR count). The van der Waals surface area contributed by atoms with E-state index < -0.39 is 17.8 Å². The molecule has 0 fully saturated rings. The van der Waals surface area contributed by atoms with Crippen LogP contribution in [0.5, 0.6) is 17.2 Å². The lowest BCUT2D eigenvalue weighted by atomic mass is 10.2. The van der Waals surface area contributed by atoms with Crippen molar-refractivity contribution in [3.05, 3.63) is 89.1 Å². The van der Waals surface area contributed by atoms with Crippen molar-refractivity contribution in [3.63, 3.8) is 0 Å². The van der Waals surface area contributed by atoms with E-state index in [1.54, 1.807) is 67.8 Å². The van der Waals surface area contributed by atoms with Crippen molar-refractivity contribution in [3.8, 4) is 17.2 Å². The number of anilines is 2. The number of esters is 1. The molecule has 0 bridgehead atoms. The van der Waals surface area contributed by atoms with E-state index in [9.17, 15) is 14.4 Å². The number of para-hydroxylation sites is 2. The number of ether oxygens (including phenoxy) is 3. The average molecular weight is 479 g/mol. The molecule has 0 saturated heterocycles. The second-order valence-corrected chi connectivity index (χ2v) is 7.45. The molecular formula is C25H19ClN2O6. The first-order valence-corrected chi connectivity index (χ1v) is 10.5. The highest BCUT2D eigenvalue weighted by Gasteiger charge is 2.40. The molecule has 0 unspecified atom stereocenters. The molecule has 0 spiro atoms. The third kappa shape index (κ3) is 4.44. The molecule has 1 N–H and O–H groups in total. The number of halogens is 1. The SMILES string of the molecule is COc1ccc(OC(=O)c2ccc(NC3=C(Cl)C(=O)N(c4ccccc4OC)C3=O)cc2)cc1. The molecule has 0 atom stereocenters. The highest BCUT2D eigenvalue weighted by Crippen LogP contribution is 2.35. The number of methoxy groups -OCH3 is 2. The number of nitrogens with zero attached hydrogens (tertiary/aromatic N) is 1. The lowest BCUT2D eigenvalue weighted by molar-refractivity contribution is -0.120.